The van der Waals surface area contributed by atoms with Crippen LogP contribution >= 0.6 is 21.5 Å². The van der Waals surface area contributed by atoms with Gasteiger partial charge in [-0.3, -0.25) is 4.79 Å². The summed E-state index contributed by atoms with van der Waals surface area (Å²) in [5, 5.41) is 0. The van der Waals surface area contributed by atoms with Gasteiger partial charge in [-0.05, 0) is 40.2 Å². The summed E-state index contributed by atoms with van der Waals surface area (Å²) < 4.78 is 16.1. The number of ether oxygens (including phenoxy) is 2. The molecule has 0 heterocycles. The van der Waals surface area contributed by atoms with Gasteiger partial charge in [0.2, 0.25) is 0 Å². The van der Waals surface area contributed by atoms with E-state index < -0.39 is 21.4 Å². The van der Waals surface area contributed by atoms with Crippen molar-refractivity contribution in [2.75, 3.05) is 6.61 Å². The molecule has 1 aromatic carbocycles. The van der Waals surface area contributed by atoms with Crippen LogP contribution in [0.5, 0.6) is 0 Å². The van der Waals surface area contributed by atoms with Crippen molar-refractivity contribution in [3.63, 3.8) is 0 Å². The lowest BCUT2D eigenvalue weighted by atomic mass is 10.1. The smallest absolute Gasteiger partial charge is 0.349 e. The van der Waals surface area contributed by atoms with Crippen LogP contribution in [0.3, 0.4) is 0 Å². The van der Waals surface area contributed by atoms with Gasteiger partial charge in [-0.25, -0.2) is 4.79 Å². The summed E-state index contributed by atoms with van der Waals surface area (Å²) in [6.45, 7) is 9.80. The molecule has 134 valence electrons. The molecule has 0 fully saturated rings. The topological polar surface area (TPSA) is 61.8 Å². The zero-order valence-corrected chi connectivity index (χ0v) is 16.3. The van der Waals surface area contributed by atoms with Crippen molar-refractivity contribution >= 4 is 38.8 Å². The largest absolute Gasteiger partial charge is 0.453 e. The fourth-order valence-corrected chi connectivity index (χ4v) is 3.02. The summed E-state index contributed by atoms with van der Waals surface area (Å²) in [5.41, 5.74) is -0.594. The highest BCUT2D eigenvalue weighted by Crippen LogP contribution is 2.26. The second-order valence-electron chi connectivity index (χ2n) is 6.69. The van der Waals surface area contributed by atoms with Gasteiger partial charge in [0.15, 0.2) is 0 Å². The van der Waals surface area contributed by atoms with Gasteiger partial charge in [0.05, 0.1) is 22.0 Å². The van der Waals surface area contributed by atoms with E-state index in [1.807, 2.05) is 26.8 Å². The molecule has 24 heavy (non-hydrogen) atoms. The maximum absolute atomic E-state index is 12.6. The van der Waals surface area contributed by atoms with Gasteiger partial charge in [0.1, 0.15) is 10.5 Å². The Hall–Kier alpha value is -1.31. The van der Waals surface area contributed by atoms with Crippen molar-refractivity contribution in [2.45, 2.75) is 45.8 Å². The van der Waals surface area contributed by atoms with Crippen molar-refractivity contribution in [2.24, 2.45) is 0 Å². The molecule has 0 aliphatic heterocycles. The van der Waals surface area contributed by atoms with Gasteiger partial charge >= 0.3 is 12.4 Å². The van der Waals surface area contributed by atoms with Gasteiger partial charge < -0.3 is 13.7 Å². The van der Waals surface area contributed by atoms with Crippen molar-refractivity contribution in [1.29, 1.82) is 0 Å². The van der Waals surface area contributed by atoms with E-state index in [1.165, 1.54) is 0 Å². The third-order valence-corrected chi connectivity index (χ3v) is 4.57. The fraction of sp³-hybridized carbons (Fsp3) is 0.471. The number of thiol groups is 1. The SMILES string of the molecule is CC(C)(C)OCC(C)(C)OC(=O)/C(c1ccccc1)=S(/S)OC=O. The van der Waals surface area contributed by atoms with Crippen LogP contribution < -0.4 is 0 Å². The van der Waals surface area contributed by atoms with Crippen LogP contribution in [0.15, 0.2) is 30.3 Å². The standard InChI is InChI=1S/C17H24O5S2/c1-16(2,3)20-11-17(4,5)22-15(19)14(24(23)21-12-18)13-9-7-6-8-10-13/h6-10,12,23H,11H2,1-5H3. The van der Waals surface area contributed by atoms with E-state index in [0.29, 0.717) is 5.56 Å². The number of benzene rings is 1. The van der Waals surface area contributed by atoms with E-state index in [2.05, 4.69) is 11.7 Å². The van der Waals surface area contributed by atoms with E-state index in [9.17, 15) is 9.59 Å². The van der Waals surface area contributed by atoms with E-state index in [1.54, 1.807) is 38.1 Å². The molecule has 1 atom stereocenters. The molecule has 0 spiro atoms. The van der Waals surface area contributed by atoms with Gasteiger partial charge in [0.25, 0.3) is 0 Å². The average Bonchev–Trinajstić information content (AvgIpc) is 2.46. The molecule has 1 aromatic rings. The summed E-state index contributed by atoms with van der Waals surface area (Å²) in [6.07, 6.45) is 0. The maximum atomic E-state index is 12.6. The molecular weight excluding hydrogens is 348 g/mol. The molecular formula is C17H24O5S2. The Balaban J connectivity index is 3.02. The first-order valence-electron chi connectivity index (χ1n) is 7.39. The molecule has 0 saturated heterocycles. The van der Waals surface area contributed by atoms with E-state index in [0.717, 1.165) is 0 Å². The van der Waals surface area contributed by atoms with Crippen LogP contribution in [0.4, 0.5) is 0 Å². The minimum Gasteiger partial charge on any atom is -0.453 e. The summed E-state index contributed by atoms with van der Waals surface area (Å²) in [7, 11) is -1.32. The summed E-state index contributed by atoms with van der Waals surface area (Å²) in [6, 6.07) is 8.86. The molecule has 0 aliphatic carbocycles. The van der Waals surface area contributed by atoms with Gasteiger partial charge in [0, 0.05) is 0 Å². The van der Waals surface area contributed by atoms with Crippen LogP contribution in [-0.4, -0.2) is 35.1 Å². The molecule has 0 aromatic heterocycles. The second-order valence-corrected chi connectivity index (χ2v) is 8.78. The van der Waals surface area contributed by atoms with Crippen LogP contribution in [0.25, 0.3) is 0 Å². The molecule has 0 saturated carbocycles. The second kappa shape index (κ2) is 8.69. The zero-order valence-electron chi connectivity index (χ0n) is 14.6. The van der Waals surface area contributed by atoms with Gasteiger partial charge in [-0.15, -0.1) is 0 Å². The average molecular weight is 373 g/mol. The summed E-state index contributed by atoms with van der Waals surface area (Å²) in [5.74, 6) is -0.594. The lowest BCUT2D eigenvalue weighted by Crippen LogP contribution is -2.39. The molecule has 0 radical (unpaired) electrons. The van der Waals surface area contributed by atoms with Crippen molar-refractivity contribution in [3.8, 4) is 0 Å². The number of esters is 1. The quantitative estimate of drug-likeness (QED) is 0.198. The van der Waals surface area contributed by atoms with Crippen molar-refractivity contribution in [3.05, 3.63) is 35.9 Å². The Morgan fingerprint density at radius 1 is 1.17 bits per heavy atom. The van der Waals surface area contributed by atoms with Gasteiger partial charge in [-0.2, -0.15) is 0 Å². The third-order valence-electron chi connectivity index (χ3n) is 2.75. The number of rotatable bonds is 7. The molecule has 1 unspecified atom stereocenters. The normalized spacial score (nSPS) is 13.8. The highest BCUT2D eigenvalue weighted by Gasteiger charge is 2.29. The Kier molecular flexibility index (Phi) is 7.51. The van der Waals surface area contributed by atoms with Crippen LogP contribution in [-0.2, 0) is 23.2 Å². The minimum atomic E-state index is -1.32. The number of hydrogen-bond donors (Lipinski definition) is 1. The Morgan fingerprint density at radius 3 is 2.25 bits per heavy atom. The Morgan fingerprint density at radius 2 is 1.75 bits per heavy atom. The van der Waals surface area contributed by atoms with E-state index in [-0.39, 0.29) is 23.5 Å². The monoisotopic (exact) mass is 372 g/mol. The summed E-state index contributed by atoms with van der Waals surface area (Å²) >= 11 is 4.21. The molecule has 5 nitrogen and oxygen atoms in total. The number of carbonyl (C=O) groups excluding carboxylic acids is 2. The van der Waals surface area contributed by atoms with E-state index >= 15 is 0 Å². The number of carbonyl (C=O) groups is 2. The van der Waals surface area contributed by atoms with Crippen LogP contribution in [0, 0.1) is 0 Å². The molecule has 1 rings (SSSR count). The number of hydrogen-bond acceptors (Lipinski definition) is 6. The van der Waals surface area contributed by atoms with Gasteiger partial charge in [-0.1, -0.05) is 42.0 Å². The van der Waals surface area contributed by atoms with E-state index in [4.69, 9.17) is 13.7 Å². The first-order valence-corrected chi connectivity index (χ1v) is 9.60. The lowest BCUT2D eigenvalue weighted by Gasteiger charge is -2.30. The highest BCUT2D eigenvalue weighted by atomic mass is 33.1. The fourth-order valence-electron chi connectivity index (χ4n) is 1.68. The molecule has 0 N–H and O–H groups in total. The predicted molar refractivity (Wildman–Crippen MR) is 100 cm³/mol. The first kappa shape index (κ1) is 20.7. The van der Waals surface area contributed by atoms with Crippen molar-refractivity contribution < 1.29 is 23.2 Å². The molecule has 7 heteroatoms. The lowest BCUT2D eigenvalue weighted by molar-refractivity contribution is -0.159. The van der Waals surface area contributed by atoms with Crippen LogP contribution in [0.1, 0.15) is 40.2 Å². The van der Waals surface area contributed by atoms with Crippen LogP contribution in [0.2, 0.25) is 0 Å². The third kappa shape index (κ3) is 7.07. The Labute approximate surface area is 150 Å². The minimum absolute atomic E-state index is 0.190. The maximum Gasteiger partial charge on any atom is 0.349 e. The zero-order chi connectivity index (χ0) is 18.4. The molecule has 0 aliphatic rings. The first-order chi connectivity index (χ1) is 11.1. The Bertz CT molecular complexity index is 603. The summed E-state index contributed by atoms with van der Waals surface area (Å²) in [4.78, 5) is 23.5. The predicted octanol–water partition coefficient (Wildman–Crippen LogP) is 3.55. The molecule has 0 amide bonds. The molecule has 0 bridgehead atoms. The highest BCUT2D eigenvalue weighted by molar-refractivity contribution is 8.75. The van der Waals surface area contributed by atoms with Crippen molar-refractivity contribution in [1.82, 2.24) is 0 Å².